The summed E-state index contributed by atoms with van der Waals surface area (Å²) in [5.74, 6) is 0. The normalized spacial score (nSPS) is 21.6. The third-order valence-corrected chi connectivity index (χ3v) is 4.62. The highest BCUT2D eigenvalue weighted by Gasteiger charge is 2.46. The van der Waals surface area contributed by atoms with Crippen LogP contribution >= 0.6 is 12.4 Å². The molecule has 2 aromatic rings. The van der Waals surface area contributed by atoms with Crippen molar-refractivity contribution in [1.82, 2.24) is 0 Å². The Morgan fingerprint density at radius 1 is 0.708 bits per heavy atom. The summed E-state index contributed by atoms with van der Waals surface area (Å²) in [4.78, 5) is 0. The minimum atomic E-state index is 0. The van der Waals surface area contributed by atoms with Gasteiger partial charge in [0.25, 0.3) is 0 Å². The molecule has 3 nitrogen and oxygen atoms in total. The molecule has 0 spiro atoms. The van der Waals surface area contributed by atoms with Crippen LogP contribution in [0.3, 0.4) is 0 Å². The zero-order valence-corrected chi connectivity index (χ0v) is 14.7. The van der Waals surface area contributed by atoms with Gasteiger partial charge in [-0.25, -0.2) is 0 Å². The fourth-order valence-electron chi connectivity index (χ4n) is 3.11. The van der Waals surface area contributed by atoms with Gasteiger partial charge >= 0.3 is 0 Å². The van der Waals surface area contributed by atoms with Crippen molar-refractivity contribution in [1.29, 1.82) is 0 Å². The van der Waals surface area contributed by atoms with E-state index in [9.17, 15) is 0 Å². The highest BCUT2D eigenvalue weighted by Crippen LogP contribution is 2.30. The van der Waals surface area contributed by atoms with Crippen molar-refractivity contribution >= 4 is 12.4 Å². The molecule has 2 aromatic carbocycles. The first-order valence-electron chi connectivity index (χ1n) is 8.48. The second kappa shape index (κ2) is 9.19. The van der Waals surface area contributed by atoms with E-state index in [-0.39, 0.29) is 36.7 Å². The maximum atomic E-state index is 6.28. The van der Waals surface area contributed by atoms with Gasteiger partial charge in [-0.1, -0.05) is 60.7 Å². The SMILES string of the molecule is Cl.N[C@@H](CCc1ccccc1)[C@@H]1O[C@@H]1[C@@H](N)CCc1ccccc1. The van der Waals surface area contributed by atoms with E-state index in [4.69, 9.17) is 16.2 Å². The van der Waals surface area contributed by atoms with Crippen LogP contribution in [-0.2, 0) is 17.6 Å². The number of rotatable bonds is 8. The topological polar surface area (TPSA) is 64.6 Å². The van der Waals surface area contributed by atoms with Crippen LogP contribution in [0, 0.1) is 0 Å². The molecule has 3 rings (SSSR count). The Hall–Kier alpha value is -1.39. The van der Waals surface area contributed by atoms with Crippen molar-refractivity contribution < 1.29 is 4.74 Å². The maximum absolute atomic E-state index is 6.28. The van der Waals surface area contributed by atoms with Crippen LogP contribution in [0.15, 0.2) is 60.7 Å². The standard InChI is InChI=1S/C20H26N2O.ClH/c21-17(13-11-15-7-3-1-4-8-15)19-20(23-19)18(22)14-12-16-9-5-2-6-10-16;/h1-10,17-20H,11-14,21-22H2;1H/t17-,18-,19-,20+;/m0./s1. The molecule has 130 valence electrons. The number of hydrogen-bond acceptors (Lipinski definition) is 3. The minimum Gasteiger partial charge on any atom is -0.366 e. The Kier molecular flexibility index (Phi) is 7.25. The lowest BCUT2D eigenvalue weighted by atomic mass is 9.97. The van der Waals surface area contributed by atoms with E-state index in [0.717, 1.165) is 25.7 Å². The van der Waals surface area contributed by atoms with Gasteiger partial charge in [-0.3, -0.25) is 0 Å². The fraction of sp³-hybridized carbons (Fsp3) is 0.400. The summed E-state index contributed by atoms with van der Waals surface area (Å²) >= 11 is 0. The summed E-state index contributed by atoms with van der Waals surface area (Å²) in [6, 6.07) is 21.1. The molecule has 0 aliphatic carbocycles. The number of benzene rings is 2. The number of aryl methyl sites for hydroxylation is 2. The first kappa shape index (κ1) is 18.9. The van der Waals surface area contributed by atoms with Crippen LogP contribution in [0.4, 0.5) is 0 Å². The van der Waals surface area contributed by atoms with Crippen LogP contribution < -0.4 is 11.5 Å². The first-order valence-corrected chi connectivity index (χ1v) is 8.48. The quantitative estimate of drug-likeness (QED) is 0.722. The van der Waals surface area contributed by atoms with Crippen LogP contribution in [0.25, 0.3) is 0 Å². The highest BCUT2D eigenvalue weighted by molar-refractivity contribution is 5.85. The van der Waals surface area contributed by atoms with Gasteiger partial charge < -0.3 is 16.2 Å². The van der Waals surface area contributed by atoms with Crippen molar-refractivity contribution in [3.63, 3.8) is 0 Å². The number of nitrogens with two attached hydrogens (primary N) is 2. The monoisotopic (exact) mass is 346 g/mol. The Labute approximate surface area is 150 Å². The molecule has 1 aliphatic heterocycles. The Bertz CT molecular complexity index is 540. The predicted octanol–water partition coefficient (Wildman–Crippen LogP) is 3.10. The fourth-order valence-corrected chi connectivity index (χ4v) is 3.11. The molecule has 0 aromatic heterocycles. The molecule has 0 saturated carbocycles. The molecular formula is C20H27ClN2O. The molecule has 1 fully saturated rings. The van der Waals surface area contributed by atoms with Crippen LogP contribution in [0.2, 0.25) is 0 Å². The lowest BCUT2D eigenvalue weighted by Crippen LogP contribution is -2.35. The Balaban J connectivity index is 0.00000208. The molecule has 0 bridgehead atoms. The van der Waals surface area contributed by atoms with Gasteiger partial charge in [0.05, 0.1) is 0 Å². The van der Waals surface area contributed by atoms with Crippen LogP contribution in [-0.4, -0.2) is 24.3 Å². The van der Waals surface area contributed by atoms with E-state index in [2.05, 4.69) is 48.5 Å². The van der Waals surface area contributed by atoms with Gasteiger partial charge in [0.1, 0.15) is 12.2 Å². The van der Waals surface area contributed by atoms with E-state index < -0.39 is 0 Å². The van der Waals surface area contributed by atoms with Crippen LogP contribution in [0.5, 0.6) is 0 Å². The highest BCUT2D eigenvalue weighted by atomic mass is 35.5. The molecule has 4 atom stereocenters. The molecule has 4 N–H and O–H groups in total. The van der Waals surface area contributed by atoms with Gasteiger partial charge in [-0.2, -0.15) is 0 Å². The van der Waals surface area contributed by atoms with Crippen molar-refractivity contribution in [3.05, 3.63) is 71.8 Å². The average Bonchev–Trinajstić information content (AvgIpc) is 3.40. The summed E-state index contributed by atoms with van der Waals surface area (Å²) in [7, 11) is 0. The van der Waals surface area contributed by atoms with E-state index in [0.29, 0.717) is 0 Å². The van der Waals surface area contributed by atoms with Crippen LogP contribution in [0.1, 0.15) is 24.0 Å². The summed E-state index contributed by atoms with van der Waals surface area (Å²) in [5, 5.41) is 0. The average molecular weight is 347 g/mol. The zero-order chi connectivity index (χ0) is 16.1. The van der Waals surface area contributed by atoms with Gasteiger partial charge in [-0.05, 0) is 36.8 Å². The van der Waals surface area contributed by atoms with E-state index in [1.165, 1.54) is 11.1 Å². The van der Waals surface area contributed by atoms with Gasteiger partial charge in [-0.15, -0.1) is 12.4 Å². The second-order valence-electron chi connectivity index (χ2n) is 6.44. The smallest absolute Gasteiger partial charge is 0.101 e. The first-order chi connectivity index (χ1) is 11.2. The predicted molar refractivity (Wildman–Crippen MR) is 101 cm³/mol. The second-order valence-corrected chi connectivity index (χ2v) is 6.44. The van der Waals surface area contributed by atoms with E-state index >= 15 is 0 Å². The summed E-state index contributed by atoms with van der Waals surface area (Å²) in [6.07, 6.45) is 4.13. The molecule has 1 heterocycles. The molecule has 1 saturated heterocycles. The number of ether oxygens (including phenoxy) is 1. The summed E-state index contributed by atoms with van der Waals surface area (Å²) in [6.45, 7) is 0. The van der Waals surface area contributed by atoms with Gasteiger partial charge in [0.15, 0.2) is 0 Å². The van der Waals surface area contributed by atoms with Gasteiger partial charge in [0.2, 0.25) is 0 Å². The summed E-state index contributed by atoms with van der Waals surface area (Å²) < 4.78 is 5.77. The Morgan fingerprint density at radius 3 is 1.46 bits per heavy atom. The molecule has 0 unspecified atom stereocenters. The number of epoxide rings is 1. The lowest BCUT2D eigenvalue weighted by Gasteiger charge is -2.11. The zero-order valence-electron chi connectivity index (χ0n) is 13.9. The molecular weight excluding hydrogens is 320 g/mol. The van der Waals surface area contributed by atoms with E-state index in [1.54, 1.807) is 0 Å². The molecule has 1 aliphatic rings. The van der Waals surface area contributed by atoms with Crippen molar-refractivity contribution in [3.8, 4) is 0 Å². The van der Waals surface area contributed by atoms with Crippen molar-refractivity contribution in [2.24, 2.45) is 11.5 Å². The number of halogens is 1. The van der Waals surface area contributed by atoms with Gasteiger partial charge in [0, 0.05) is 12.1 Å². The summed E-state index contributed by atoms with van der Waals surface area (Å²) in [5.41, 5.74) is 15.2. The Morgan fingerprint density at radius 2 is 1.08 bits per heavy atom. The molecule has 4 heteroatoms. The lowest BCUT2D eigenvalue weighted by molar-refractivity contribution is 0.323. The molecule has 0 amide bonds. The van der Waals surface area contributed by atoms with Crippen molar-refractivity contribution in [2.75, 3.05) is 0 Å². The third-order valence-electron chi connectivity index (χ3n) is 4.62. The van der Waals surface area contributed by atoms with E-state index in [1.807, 2.05) is 12.1 Å². The minimum absolute atomic E-state index is 0. The maximum Gasteiger partial charge on any atom is 0.101 e. The molecule has 0 radical (unpaired) electrons. The van der Waals surface area contributed by atoms with Crippen molar-refractivity contribution in [2.45, 2.75) is 50.0 Å². The third kappa shape index (κ3) is 5.32. The largest absolute Gasteiger partial charge is 0.366 e. The molecule has 24 heavy (non-hydrogen) atoms. The number of hydrogen-bond donors (Lipinski definition) is 2.